The van der Waals surface area contributed by atoms with Gasteiger partial charge in [0.05, 0.1) is 25.1 Å². The van der Waals surface area contributed by atoms with Crippen molar-refractivity contribution in [1.29, 1.82) is 5.26 Å². The summed E-state index contributed by atoms with van der Waals surface area (Å²) >= 11 is 3.30. The van der Waals surface area contributed by atoms with E-state index in [9.17, 15) is 5.26 Å². The minimum Gasteiger partial charge on any atom is -0.497 e. The van der Waals surface area contributed by atoms with Crippen LogP contribution in [0.25, 0.3) is 6.08 Å². The Hall–Kier alpha value is -2.03. The SMILES string of the molecule is COc1ccc(N2CS[C@@](C#N)(SC)[C@@H]2/C=C/c2ccccc2)cc1. The quantitative estimate of drug-likeness (QED) is 0.752. The highest BCUT2D eigenvalue weighted by Gasteiger charge is 2.47. The molecule has 1 saturated heterocycles. The van der Waals surface area contributed by atoms with Crippen molar-refractivity contribution >= 4 is 35.3 Å². The van der Waals surface area contributed by atoms with Gasteiger partial charge < -0.3 is 9.64 Å². The molecule has 0 aromatic heterocycles. The molecule has 0 aliphatic carbocycles. The fourth-order valence-corrected chi connectivity index (χ4v) is 5.12. The molecule has 25 heavy (non-hydrogen) atoms. The summed E-state index contributed by atoms with van der Waals surface area (Å²) in [6, 6.07) is 20.8. The monoisotopic (exact) mass is 368 g/mol. The van der Waals surface area contributed by atoms with Crippen molar-refractivity contribution in [3.63, 3.8) is 0 Å². The average molecular weight is 369 g/mol. The van der Waals surface area contributed by atoms with Gasteiger partial charge in [-0.2, -0.15) is 5.26 Å². The van der Waals surface area contributed by atoms with Crippen LogP contribution in [0.1, 0.15) is 5.56 Å². The summed E-state index contributed by atoms with van der Waals surface area (Å²) in [6.45, 7) is 0. The highest BCUT2D eigenvalue weighted by molar-refractivity contribution is 8.18. The first kappa shape index (κ1) is 17.8. The highest BCUT2D eigenvalue weighted by atomic mass is 32.2. The van der Waals surface area contributed by atoms with E-state index in [2.05, 4.69) is 47.4 Å². The van der Waals surface area contributed by atoms with E-state index in [-0.39, 0.29) is 6.04 Å². The molecule has 5 heteroatoms. The lowest BCUT2D eigenvalue weighted by molar-refractivity contribution is 0.415. The molecule has 0 saturated carbocycles. The number of thioether (sulfide) groups is 2. The zero-order chi connectivity index (χ0) is 17.7. The minimum absolute atomic E-state index is 0.00824. The summed E-state index contributed by atoms with van der Waals surface area (Å²) < 4.78 is 4.74. The number of methoxy groups -OCH3 is 1. The van der Waals surface area contributed by atoms with Gasteiger partial charge >= 0.3 is 0 Å². The van der Waals surface area contributed by atoms with Crippen molar-refractivity contribution in [3.8, 4) is 11.8 Å². The smallest absolute Gasteiger partial charge is 0.173 e. The molecular formula is C20H20N2OS2. The van der Waals surface area contributed by atoms with Crippen LogP contribution in [-0.2, 0) is 0 Å². The molecule has 0 N–H and O–H groups in total. The van der Waals surface area contributed by atoms with Gasteiger partial charge in [0.25, 0.3) is 0 Å². The fourth-order valence-electron chi connectivity index (χ4n) is 2.87. The molecule has 1 aliphatic heterocycles. The number of nitrogens with zero attached hydrogens (tertiary/aromatic N) is 2. The maximum absolute atomic E-state index is 9.86. The second kappa shape index (κ2) is 7.90. The zero-order valence-corrected chi connectivity index (χ0v) is 15.9. The lowest BCUT2D eigenvalue weighted by Gasteiger charge is -2.30. The van der Waals surface area contributed by atoms with Crippen molar-refractivity contribution in [1.82, 2.24) is 0 Å². The molecule has 3 nitrogen and oxygen atoms in total. The molecule has 0 amide bonds. The standard InChI is InChI=1S/C20H20N2OS2/c1-23-18-11-9-17(10-12-18)22-15-25-20(14-21,24-2)19(22)13-8-16-6-4-3-5-7-16/h3-13,19H,15H2,1-2H3/b13-8+/t19-,20+/m0/s1. The third-order valence-corrected chi connectivity index (χ3v) is 7.24. The van der Waals surface area contributed by atoms with Gasteiger partial charge in [0.1, 0.15) is 5.75 Å². The number of anilines is 1. The number of nitriles is 1. The van der Waals surface area contributed by atoms with Gasteiger partial charge in [-0.05, 0) is 36.1 Å². The molecule has 1 fully saturated rings. The molecule has 1 heterocycles. The van der Waals surface area contributed by atoms with Crippen molar-refractivity contribution < 1.29 is 4.74 Å². The Morgan fingerprint density at radius 3 is 2.56 bits per heavy atom. The molecule has 2 aromatic rings. The third-order valence-electron chi connectivity index (χ3n) is 4.28. The van der Waals surface area contributed by atoms with Gasteiger partial charge in [-0.25, -0.2) is 0 Å². The largest absolute Gasteiger partial charge is 0.497 e. The van der Waals surface area contributed by atoms with Crippen LogP contribution >= 0.6 is 23.5 Å². The average Bonchev–Trinajstić information content (AvgIpc) is 3.06. The first-order valence-electron chi connectivity index (χ1n) is 7.97. The number of rotatable bonds is 5. The van der Waals surface area contributed by atoms with Gasteiger partial charge in [-0.1, -0.05) is 42.5 Å². The second-order valence-electron chi connectivity index (χ2n) is 5.64. The molecule has 0 bridgehead atoms. The molecule has 2 atom stereocenters. The van der Waals surface area contributed by atoms with Crippen LogP contribution in [0.2, 0.25) is 0 Å². The summed E-state index contributed by atoms with van der Waals surface area (Å²) in [6.07, 6.45) is 6.27. The Balaban J connectivity index is 1.93. The Morgan fingerprint density at radius 1 is 1.24 bits per heavy atom. The topological polar surface area (TPSA) is 36.3 Å². The van der Waals surface area contributed by atoms with Gasteiger partial charge in [0, 0.05) is 5.69 Å². The second-order valence-corrected chi connectivity index (χ2v) is 8.14. The van der Waals surface area contributed by atoms with Crippen LogP contribution in [0.4, 0.5) is 5.69 Å². The maximum Gasteiger partial charge on any atom is 0.173 e. The summed E-state index contributed by atoms with van der Waals surface area (Å²) in [4.78, 5) is 2.28. The summed E-state index contributed by atoms with van der Waals surface area (Å²) in [5, 5.41) is 9.86. The summed E-state index contributed by atoms with van der Waals surface area (Å²) in [5.74, 6) is 1.62. The number of benzene rings is 2. The number of ether oxygens (including phenoxy) is 1. The Morgan fingerprint density at radius 2 is 1.96 bits per heavy atom. The first-order chi connectivity index (χ1) is 12.2. The van der Waals surface area contributed by atoms with Gasteiger partial charge in [0.15, 0.2) is 4.08 Å². The molecule has 2 aromatic carbocycles. The summed E-state index contributed by atoms with van der Waals surface area (Å²) in [7, 11) is 1.67. The van der Waals surface area contributed by atoms with Crippen LogP contribution in [-0.4, -0.2) is 29.4 Å². The number of hydrogen-bond donors (Lipinski definition) is 0. The predicted molar refractivity (Wildman–Crippen MR) is 109 cm³/mol. The van der Waals surface area contributed by atoms with Crippen molar-refractivity contribution in [2.45, 2.75) is 10.1 Å². The lowest BCUT2D eigenvalue weighted by atomic mass is 10.1. The van der Waals surface area contributed by atoms with E-state index in [1.807, 2.05) is 36.6 Å². The molecule has 0 unspecified atom stereocenters. The van der Waals surface area contributed by atoms with Crippen LogP contribution in [0, 0.1) is 11.3 Å². The van der Waals surface area contributed by atoms with Crippen molar-refractivity contribution in [3.05, 3.63) is 66.2 Å². The van der Waals surface area contributed by atoms with E-state index >= 15 is 0 Å². The van der Waals surface area contributed by atoms with Gasteiger partial charge in [0.2, 0.25) is 0 Å². The van der Waals surface area contributed by atoms with E-state index < -0.39 is 4.08 Å². The van der Waals surface area contributed by atoms with Crippen molar-refractivity contribution in [2.24, 2.45) is 0 Å². The molecular weight excluding hydrogens is 348 g/mol. The normalized spacial score (nSPS) is 22.9. The van der Waals surface area contributed by atoms with E-state index in [0.29, 0.717) is 0 Å². The lowest BCUT2D eigenvalue weighted by Crippen LogP contribution is -2.39. The van der Waals surface area contributed by atoms with Crippen LogP contribution in [0.3, 0.4) is 0 Å². The molecule has 0 spiro atoms. The van der Waals surface area contributed by atoms with Crippen molar-refractivity contribution in [2.75, 3.05) is 24.1 Å². The summed E-state index contributed by atoms with van der Waals surface area (Å²) in [5.41, 5.74) is 2.24. The molecule has 1 aliphatic rings. The Bertz CT molecular complexity index is 771. The van der Waals surface area contributed by atoms with Gasteiger partial charge in [-0.3, -0.25) is 0 Å². The van der Waals surface area contributed by atoms with E-state index in [0.717, 1.165) is 22.9 Å². The van der Waals surface area contributed by atoms with Gasteiger partial charge in [-0.15, -0.1) is 23.5 Å². The minimum atomic E-state index is -0.509. The zero-order valence-electron chi connectivity index (χ0n) is 14.3. The van der Waals surface area contributed by atoms with Crippen LogP contribution in [0.15, 0.2) is 60.7 Å². The highest BCUT2D eigenvalue weighted by Crippen LogP contribution is 2.48. The first-order valence-corrected chi connectivity index (χ1v) is 10.2. The Kier molecular flexibility index (Phi) is 5.62. The molecule has 0 radical (unpaired) electrons. The van der Waals surface area contributed by atoms with E-state index in [1.165, 1.54) is 0 Å². The van der Waals surface area contributed by atoms with Crippen LogP contribution in [0.5, 0.6) is 5.75 Å². The maximum atomic E-state index is 9.86. The third kappa shape index (κ3) is 3.65. The predicted octanol–water partition coefficient (Wildman–Crippen LogP) is 4.87. The number of hydrogen-bond acceptors (Lipinski definition) is 5. The fraction of sp³-hybridized carbons (Fsp3) is 0.250. The Labute approximate surface area is 157 Å². The van der Waals surface area contributed by atoms with Crippen LogP contribution < -0.4 is 9.64 Å². The van der Waals surface area contributed by atoms with E-state index in [4.69, 9.17) is 4.74 Å². The molecule has 3 rings (SSSR count). The van der Waals surface area contributed by atoms with E-state index in [1.54, 1.807) is 30.6 Å². The molecule has 128 valence electrons.